The zero-order chi connectivity index (χ0) is 16.9. The zero-order valence-electron chi connectivity index (χ0n) is 13.6. The van der Waals surface area contributed by atoms with Gasteiger partial charge in [0.2, 0.25) is 0 Å². The molecule has 0 radical (unpaired) electrons. The number of nitrogens with one attached hydrogen (secondary N) is 1. The first kappa shape index (κ1) is 17.0. The van der Waals surface area contributed by atoms with E-state index < -0.39 is 0 Å². The van der Waals surface area contributed by atoms with Crippen LogP contribution in [0.3, 0.4) is 0 Å². The largest absolute Gasteiger partial charge is 0.497 e. The lowest BCUT2D eigenvalue weighted by Gasteiger charge is -2.13. The summed E-state index contributed by atoms with van der Waals surface area (Å²) >= 11 is 7.59. The minimum atomic E-state index is 0.244. The number of nitrogens with zero attached hydrogens (tertiary/aromatic N) is 1. The van der Waals surface area contributed by atoms with Crippen LogP contribution in [0.1, 0.15) is 24.2 Å². The molecule has 0 amide bonds. The molecule has 5 heteroatoms. The Morgan fingerprint density at radius 1 is 1.12 bits per heavy atom. The molecule has 3 aromatic rings. The van der Waals surface area contributed by atoms with Crippen molar-refractivity contribution in [2.75, 3.05) is 7.11 Å². The first-order valence-electron chi connectivity index (χ1n) is 7.73. The van der Waals surface area contributed by atoms with Crippen LogP contribution in [0.25, 0.3) is 10.6 Å². The topological polar surface area (TPSA) is 34.1 Å². The van der Waals surface area contributed by atoms with Gasteiger partial charge in [0, 0.05) is 28.6 Å². The number of halogens is 1. The highest BCUT2D eigenvalue weighted by Gasteiger charge is 2.08. The molecular formula is C19H19ClN2OS. The van der Waals surface area contributed by atoms with E-state index in [1.807, 2.05) is 48.5 Å². The predicted octanol–water partition coefficient (Wildman–Crippen LogP) is 5.32. The highest BCUT2D eigenvalue weighted by atomic mass is 35.5. The quantitative estimate of drug-likeness (QED) is 0.647. The van der Waals surface area contributed by atoms with Crippen molar-refractivity contribution < 1.29 is 4.74 Å². The van der Waals surface area contributed by atoms with E-state index in [0.717, 1.165) is 33.6 Å². The molecular weight excluding hydrogens is 340 g/mol. The molecule has 0 unspecified atom stereocenters. The summed E-state index contributed by atoms with van der Waals surface area (Å²) in [5, 5.41) is 7.38. The standard InChI is InChI=1S/C19H19ClN2OS/c1-13(14-3-7-16(20)8-4-14)21-11-17-12-24-19(22-17)15-5-9-18(23-2)10-6-15/h3-10,12-13,21H,11H2,1-2H3/t13-/m1/s1. The lowest BCUT2D eigenvalue weighted by atomic mass is 10.1. The van der Waals surface area contributed by atoms with Gasteiger partial charge in [0.25, 0.3) is 0 Å². The van der Waals surface area contributed by atoms with Crippen molar-refractivity contribution in [3.8, 4) is 16.3 Å². The molecule has 3 rings (SSSR count). The maximum absolute atomic E-state index is 5.93. The molecule has 0 aliphatic rings. The first-order valence-corrected chi connectivity index (χ1v) is 8.99. The average molecular weight is 359 g/mol. The van der Waals surface area contributed by atoms with Crippen LogP contribution in [0.4, 0.5) is 0 Å². The highest BCUT2D eigenvalue weighted by Crippen LogP contribution is 2.26. The van der Waals surface area contributed by atoms with Gasteiger partial charge >= 0.3 is 0 Å². The van der Waals surface area contributed by atoms with Gasteiger partial charge in [-0.25, -0.2) is 4.98 Å². The van der Waals surface area contributed by atoms with Gasteiger partial charge in [-0.1, -0.05) is 23.7 Å². The lowest BCUT2D eigenvalue weighted by molar-refractivity contribution is 0.415. The van der Waals surface area contributed by atoms with Crippen molar-refractivity contribution >= 4 is 22.9 Å². The maximum atomic E-state index is 5.93. The Kier molecular flexibility index (Phi) is 5.51. The van der Waals surface area contributed by atoms with E-state index in [1.165, 1.54) is 5.56 Å². The van der Waals surface area contributed by atoms with E-state index in [2.05, 4.69) is 17.6 Å². The molecule has 0 spiro atoms. The summed E-state index contributed by atoms with van der Waals surface area (Å²) in [6.45, 7) is 2.87. The predicted molar refractivity (Wildman–Crippen MR) is 101 cm³/mol. The second kappa shape index (κ2) is 7.79. The number of ether oxygens (including phenoxy) is 1. The summed E-state index contributed by atoms with van der Waals surface area (Å²) < 4.78 is 5.19. The number of hydrogen-bond donors (Lipinski definition) is 1. The molecule has 124 valence electrons. The molecule has 0 aliphatic heterocycles. The Morgan fingerprint density at radius 2 is 1.83 bits per heavy atom. The van der Waals surface area contributed by atoms with Gasteiger partial charge in [-0.05, 0) is 48.9 Å². The fourth-order valence-electron chi connectivity index (χ4n) is 2.38. The third-order valence-electron chi connectivity index (χ3n) is 3.85. The molecule has 1 heterocycles. The van der Waals surface area contributed by atoms with Crippen LogP contribution in [0, 0.1) is 0 Å². The van der Waals surface area contributed by atoms with Gasteiger partial charge in [0.05, 0.1) is 12.8 Å². The fraction of sp³-hybridized carbons (Fsp3) is 0.211. The summed E-state index contributed by atoms with van der Waals surface area (Å²) in [6, 6.07) is 16.1. The minimum Gasteiger partial charge on any atom is -0.497 e. The molecule has 1 atom stereocenters. The van der Waals surface area contributed by atoms with E-state index in [1.54, 1.807) is 18.4 Å². The molecule has 0 bridgehead atoms. The maximum Gasteiger partial charge on any atom is 0.123 e. The smallest absolute Gasteiger partial charge is 0.123 e. The number of aromatic nitrogens is 1. The van der Waals surface area contributed by atoms with Crippen LogP contribution in [0.2, 0.25) is 5.02 Å². The summed E-state index contributed by atoms with van der Waals surface area (Å²) in [5.41, 5.74) is 3.37. The number of hydrogen-bond acceptors (Lipinski definition) is 4. The van der Waals surface area contributed by atoms with Gasteiger partial charge in [0.15, 0.2) is 0 Å². The summed E-state index contributed by atoms with van der Waals surface area (Å²) in [5.74, 6) is 0.856. The van der Waals surface area contributed by atoms with Crippen molar-refractivity contribution in [3.63, 3.8) is 0 Å². The van der Waals surface area contributed by atoms with Gasteiger partial charge in [-0.3, -0.25) is 0 Å². The Balaban J connectivity index is 1.62. The lowest BCUT2D eigenvalue weighted by Crippen LogP contribution is -2.18. The molecule has 3 nitrogen and oxygen atoms in total. The normalized spacial score (nSPS) is 12.1. The van der Waals surface area contributed by atoms with E-state index in [-0.39, 0.29) is 6.04 Å². The molecule has 0 fully saturated rings. The van der Waals surface area contributed by atoms with Gasteiger partial charge in [-0.2, -0.15) is 0 Å². The average Bonchev–Trinajstić information content (AvgIpc) is 3.09. The Morgan fingerprint density at radius 3 is 2.50 bits per heavy atom. The molecule has 0 saturated carbocycles. The van der Waals surface area contributed by atoms with E-state index in [4.69, 9.17) is 21.3 Å². The molecule has 24 heavy (non-hydrogen) atoms. The Bertz CT molecular complexity index is 784. The van der Waals surface area contributed by atoms with E-state index in [9.17, 15) is 0 Å². The Hall–Kier alpha value is -1.88. The monoisotopic (exact) mass is 358 g/mol. The van der Waals surface area contributed by atoms with Crippen LogP contribution >= 0.6 is 22.9 Å². The Labute approximate surface area is 151 Å². The number of benzene rings is 2. The summed E-state index contributed by atoms with van der Waals surface area (Å²) in [4.78, 5) is 4.71. The van der Waals surface area contributed by atoms with Crippen LogP contribution in [-0.2, 0) is 6.54 Å². The SMILES string of the molecule is COc1ccc(-c2nc(CN[C@H](C)c3ccc(Cl)cc3)cs2)cc1. The summed E-state index contributed by atoms with van der Waals surface area (Å²) in [6.07, 6.45) is 0. The molecule has 2 aromatic carbocycles. The second-order valence-corrected chi connectivity index (χ2v) is 6.82. The van der Waals surface area contributed by atoms with Crippen LogP contribution in [-0.4, -0.2) is 12.1 Å². The van der Waals surface area contributed by atoms with Crippen molar-refractivity contribution in [2.24, 2.45) is 0 Å². The second-order valence-electron chi connectivity index (χ2n) is 5.53. The van der Waals surface area contributed by atoms with E-state index in [0.29, 0.717) is 0 Å². The molecule has 0 saturated heterocycles. The third kappa shape index (κ3) is 4.15. The van der Waals surface area contributed by atoms with Crippen LogP contribution in [0.15, 0.2) is 53.9 Å². The molecule has 1 N–H and O–H groups in total. The molecule has 0 aliphatic carbocycles. The number of rotatable bonds is 6. The van der Waals surface area contributed by atoms with Gasteiger partial charge in [0.1, 0.15) is 10.8 Å². The molecule has 1 aromatic heterocycles. The minimum absolute atomic E-state index is 0.244. The van der Waals surface area contributed by atoms with Gasteiger partial charge < -0.3 is 10.1 Å². The first-order chi connectivity index (χ1) is 11.7. The summed E-state index contributed by atoms with van der Waals surface area (Å²) in [7, 11) is 1.67. The number of thiazole rings is 1. The van der Waals surface area contributed by atoms with Crippen molar-refractivity contribution in [1.82, 2.24) is 10.3 Å². The van der Waals surface area contributed by atoms with Crippen molar-refractivity contribution in [2.45, 2.75) is 19.5 Å². The van der Waals surface area contributed by atoms with Gasteiger partial charge in [-0.15, -0.1) is 11.3 Å². The van der Waals surface area contributed by atoms with E-state index >= 15 is 0 Å². The van der Waals surface area contributed by atoms with Crippen LogP contribution in [0.5, 0.6) is 5.75 Å². The van der Waals surface area contributed by atoms with Crippen LogP contribution < -0.4 is 10.1 Å². The highest BCUT2D eigenvalue weighted by molar-refractivity contribution is 7.13. The zero-order valence-corrected chi connectivity index (χ0v) is 15.2. The van der Waals surface area contributed by atoms with Crippen molar-refractivity contribution in [3.05, 3.63) is 70.2 Å². The number of methoxy groups -OCH3 is 1. The van der Waals surface area contributed by atoms with Crippen molar-refractivity contribution in [1.29, 1.82) is 0 Å². The third-order valence-corrected chi connectivity index (χ3v) is 5.04. The fourth-order valence-corrected chi connectivity index (χ4v) is 3.33.